The minimum atomic E-state index is -0.352. The van der Waals surface area contributed by atoms with Gasteiger partial charge in [-0.15, -0.1) is 0 Å². The van der Waals surface area contributed by atoms with Gasteiger partial charge in [0.25, 0.3) is 0 Å². The first-order chi connectivity index (χ1) is 6.89. The van der Waals surface area contributed by atoms with E-state index in [4.69, 9.17) is 4.52 Å². The van der Waals surface area contributed by atoms with E-state index in [1.54, 1.807) is 12.3 Å². The largest absolute Gasteiger partial charge is 0.361 e. The van der Waals surface area contributed by atoms with Crippen molar-refractivity contribution in [3.05, 3.63) is 18.0 Å². The predicted molar refractivity (Wildman–Crippen MR) is 57.3 cm³/mol. The van der Waals surface area contributed by atoms with Crippen molar-refractivity contribution in [2.24, 2.45) is 5.41 Å². The quantitative estimate of drug-likeness (QED) is 0.827. The number of amides is 1. The smallest absolute Gasteiger partial charge is 0.225 e. The van der Waals surface area contributed by atoms with Crippen LogP contribution in [-0.4, -0.2) is 17.1 Å². The van der Waals surface area contributed by atoms with Gasteiger partial charge in [-0.3, -0.25) is 4.79 Å². The Kier molecular flexibility index (Phi) is 3.50. The molecule has 0 aliphatic heterocycles. The minimum Gasteiger partial charge on any atom is -0.361 e. The average molecular weight is 210 g/mol. The molecule has 15 heavy (non-hydrogen) atoms. The lowest BCUT2D eigenvalue weighted by atomic mass is 9.95. The first-order valence-electron chi connectivity index (χ1n) is 5.10. The summed E-state index contributed by atoms with van der Waals surface area (Å²) in [5.74, 6) is 0.839. The second-order valence-corrected chi connectivity index (χ2v) is 4.81. The van der Waals surface area contributed by atoms with Gasteiger partial charge in [0.2, 0.25) is 5.91 Å². The van der Waals surface area contributed by atoms with Crippen LogP contribution in [0.1, 0.15) is 33.5 Å². The van der Waals surface area contributed by atoms with E-state index < -0.39 is 0 Å². The van der Waals surface area contributed by atoms with E-state index in [-0.39, 0.29) is 17.4 Å². The van der Waals surface area contributed by atoms with Crippen molar-refractivity contribution in [3.63, 3.8) is 0 Å². The molecule has 1 amide bonds. The lowest BCUT2D eigenvalue weighted by molar-refractivity contribution is -0.129. The number of nitrogens with one attached hydrogen (secondary N) is 1. The summed E-state index contributed by atoms with van der Waals surface area (Å²) in [6.07, 6.45) is 2.27. The van der Waals surface area contributed by atoms with Crippen LogP contribution in [0.5, 0.6) is 0 Å². The topological polar surface area (TPSA) is 55.1 Å². The molecule has 4 nitrogen and oxygen atoms in total. The van der Waals surface area contributed by atoms with Crippen molar-refractivity contribution in [2.75, 3.05) is 0 Å². The van der Waals surface area contributed by atoms with Gasteiger partial charge in [0.15, 0.2) is 0 Å². The minimum absolute atomic E-state index is 0.0505. The molecular weight excluding hydrogens is 192 g/mol. The molecular formula is C11H18N2O2. The molecule has 0 radical (unpaired) electrons. The van der Waals surface area contributed by atoms with Crippen LogP contribution in [0.25, 0.3) is 0 Å². The molecule has 1 rings (SSSR count). The maximum atomic E-state index is 11.6. The molecule has 1 atom stereocenters. The van der Waals surface area contributed by atoms with E-state index in [0.717, 1.165) is 5.76 Å². The highest BCUT2D eigenvalue weighted by molar-refractivity contribution is 5.81. The average Bonchev–Trinajstić information content (AvgIpc) is 2.54. The molecule has 0 fully saturated rings. The lowest BCUT2D eigenvalue weighted by Crippen LogP contribution is -2.41. The number of aromatic nitrogens is 1. The number of carbonyl (C=O) groups is 1. The second-order valence-electron chi connectivity index (χ2n) is 4.81. The van der Waals surface area contributed by atoms with Crippen LogP contribution in [0.3, 0.4) is 0 Å². The third kappa shape index (κ3) is 3.73. The molecule has 0 aliphatic rings. The summed E-state index contributed by atoms with van der Waals surface area (Å²) in [7, 11) is 0. The van der Waals surface area contributed by atoms with Gasteiger partial charge in [0, 0.05) is 23.9 Å². The fourth-order valence-corrected chi connectivity index (χ4v) is 1.14. The van der Waals surface area contributed by atoms with Gasteiger partial charge in [0.05, 0.1) is 6.20 Å². The number of hydrogen-bond donors (Lipinski definition) is 1. The summed E-state index contributed by atoms with van der Waals surface area (Å²) < 4.78 is 4.97. The van der Waals surface area contributed by atoms with E-state index in [1.807, 2.05) is 27.7 Å². The van der Waals surface area contributed by atoms with E-state index in [9.17, 15) is 4.79 Å². The molecule has 0 spiro atoms. The maximum Gasteiger partial charge on any atom is 0.225 e. The zero-order valence-corrected chi connectivity index (χ0v) is 9.70. The number of nitrogens with zero attached hydrogens (tertiary/aromatic N) is 1. The predicted octanol–water partition coefficient (Wildman–Crippen LogP) is 1.77. The Hall–Kier alpha value is -1.32. The van der Waals surface area contributed by atoms with Crippen molar-refractivity contribution in [1.82, 2.24) is 10.5 Å². The summed E-state index contributed by atoms with van der Waals surface area (Å²) in [4.78, 5) is 11.6. The fraction of sp³-hybridized carbons (Fsp3) is 0.636. The number of hydrogen-bond acceptors (Lipinski definition) is 3. The third-order valence-electron chi connectivity index (χ3n) is 2.06. The summed E-state index contributed by atoms with van der Waals surface area (Å²) in [5.41, 5.74) is -0.352. The Balaban J connectivity index is 2.43. The van der Waals surface area contributed by atoms with E-state index >= 15 is 0 Å². The highest BCUT2D eigenvalue weighted by Gasteiger charge is 2.22. The SMILES string of the molecule is CC(Cc1ccno1)NC(=O)C(C)(C)C. The highest BCUT2D eigenvalue weighted by Crippen LogP contribution is 2.13. The van der Waals surface area contributed by atoms with Crippen molar-refractivity contribution in [2.45, 2.75) is 40.2 Å². The summed E-state index contributed by atoms with van der Waals surface area (Å²) in [6, 6.07) is 1.87. The first-order valence-corrected chi connectivity index (χ1v) is 5.10. The van der Waals surface area contributed by atoms with Crippen molar-refractivity contribution >= 4 is 5.91 Å². The van der Waals surface area contributed by atoms with Crippen LogP contribution >= 0.6 is 0 Å². The van der Waals surface area contributed by atoms with Gasteiger partial charge >= 0.3 is 0 Å². The molecule has 0 saturated carbocycles. The van der Waals surface area contributed by atoms with E-state index in [0.29, 0.717) is 6.42 Å². The fourth-order valence-electron chi connectivity index (χ4n) is 1.14. The molecule has 1 heterocycles. The molecule has 1 N–H and O–H groups in total. The Labute approximate surface area is 90.0 Å². The van der Waals surface area contributed by atoms with Crippen LogP contribution in [0.15, 0.2) is 16.8 Å². The Morgan fingerprint density at radius 3 is 2.73 bits per heavy atom. The van der Waals surface area contributed by atoms with Gasteiger partial charge in [-0.2, -0.15) is 0 Å². The van der Waals surface area contributed by atoms with Crippen LogP contribution in [0, 0.1) is 5.41 Å². The zero-order chi connectivity index (χ0) is 11.5. The molecule has 1 unspecified atom stereocenters. The summed E-state index contributed by atoms with van der Waals surface area (Å²) >= 11 is 0. The van der Waals surface area contributed by atoms with Gasteiger partial charge in [-0.1, -0.05) is 25.9 Å². The van der Waals surface area contributed by atoms with Gasteiger partial charge in [-0.25, -0.2) is 0 Å². The highest BCUT2D eigenvalue weighted by atomic mass is 16.5. The normalized spacial score (nSPS) is 13.6. The Morgan fingerprint density at radius 1 is 1.60 bits per heavy atom. The second kappa shape index (κ2) is 4.47. The van der Waals surface area contributed by atoms with Gasteiger partial charge in [0.1, 0.15) is 5.76 Å². The molecule has 0 aliphatic carbocycles. The van der Waals surface area contributed by atoms with Crippen LogP contribution < -0.4 is 5.32 Å². The van der Waals surface area contributed by atoms with Crippen LogP contribution in [0.2, 0.25) is 0 Å². The molecule has 0 saturated heterocycles. The molecule has 0 bridgehead atoms. The standard InChI is InChI=1S/C11H18N2O2/c1-8(7-9-5-6-12-15-9)13-10(14)11(2,3)4/h5-6,8H,7H2,1-4H3,(H,13,14). The van der Waals surface area contributed by atoms with Crippen molar-refractivity contribution in [3.8, 4) is 0 Å². The number of rotatable bonds is 3. The maximum absolute atomic E-state index is 11.6. The van der Waals surface area contributed by atoms with E-state index in [2.05, 4.69) is 10.5 Å². The number of carbonyl (C=O) groups excluding carboxylic acids is 1. The molecule has 1 aromatic rings. The Bertz CT molecular complexity index is 312. The third-order valence-corrected chi connectivity index (χ3v) is 2.06. The molecule has 1 aromatic heterocycles. The molecule has 84 valence electrons. The monoisotopic (exact) mass is 210 g/mol. The lowest BCUT2D eigenvalue weighted by Gasteiger charge is -2.21. The molecule has 4 heteroatoms. The van der Waals surface area contributed by atoms with Gasteiger partial charge in [-0.05, 0) is 6.92 Å². The first kappa shape index (κ1) is 11.8. The van der Waals surface area contributed by atoms with Crippen LogP contribution in [-0.2, 0) is 11.2 Å². The van der Waals surface area contributed by atoms with Crippen molar-refractivity contribution < 1.29 is 9.32 Å². The van der Waals surface area contributed by atoms with Crippen LogP contribution in [0.4, 0.5) is 0 Å². The molecule has 0 aromatic carbocycles. The van der Waals surface area contributed by atoms with E-state index in [1.165, 1.54) is 0 Å². The van der Waals surface area contributed by atoms with Crippen molar-refractivity contribution in [1.29, 1.82) is 0 Å². The Morgan fingerprint density at radius 2 is 2.27 bits per heavy atom. The zero-order valence-electron chi connectivity index (χ0n) is 9.70. The summed E-state index contributed by atoms with van der Waals surface area (Å²) in [6.45, 7) is 7.63. The summed E-state index contributed by atoms with van der Waals surface area (Å²) in [5, 5.41) is 6.55. The van der Waals surface area contributed by atoms with Gasteiger partial charge < -0.3 is 9.84 Å².